The molecule has 2 rings (SSSR count). The van der Waals surface area contributed by atoms with Crippen LogP contribution in [0, 0.1) is 10.1 Å². The summed E-state index contributed by atoms with van der Waals surface area (Å²) >= 11 is 0. The van der Waals surface area contributed by atoms with Gasteiger partial charge >= 0.3 is 0 Å². The van der Waals surface area contributed by atoms with Crippen molar-refractivity contribution >= 4 is 17.7 Å². The van der Waals surface area contributed by atoms with E-state index >= 15 is 0 Å². The summed E-state index contributed by atoms with van der Waals surface area (Å²) in [5.41, 5.74) is 0.730. The number of nitro benzene ring substituents is 1. The molecule has 0 radical (unpaired) electrons. The Morgan fingerprint density at radius 2 is 2.05 bits per heavy atom. The van der Waals surface area contributed by atoms with Gasteiger partial charge in [0.2, 0.25) is 5.91 Å². The summed E-state index contributed by atoms with van der Waals surface area (Å²) in [5.74, 6) is 0.404. The SMILES string of the molecule is O=C(/C=C/c1ccc([N+](=O)[O-])cc1)NCc1ccco1. The first-order chi connectivity index (χ1) is 9.65. The van der Waals surface area contributed by atoms with Crippen molar-refractivity contribution in [2.75, 3.05) is 0 Å². The number of nitrogens with zero attached hydrogens (tertiary/aromatic N) is 1. The van der Waals surface area contributed by atoms with Crippen molar-refractivity contribution in [2.24, 2.45) is 0 Å². The number of carbonyl (C=O) groups excluding carboxylic acids is 1. The molecule has 1 N–H and O–H groups in total. The van der Waals surface area contributed by atoms with Gasteiger partial charge < -0.3 is 9.73 Å². The Kier molecular flexibility index (Phi) is 4.28. The van der Waals surface area contributed by atoms with Crippen molar-refractivity contribution in [2.45, 2.75) is 6.54 Å². The first kappa shape index (κ1) is 13.5. The summed E-state index contributed by atoms with van der Waals surface area (Å²) in [6.45, 7) is 0.316. The van der Waals surface area contributed by atoms with Crippen LogP contribution in [-0.2, 0) is 11.3 Å². The maximum Gasteiger partial charge on any atom is 0.269 e. The van der Waals surface area contributed by atoms with Crippen LogP contribution in [0.1, 0.15) is 11.3 Å². The molecular weight excluding hydrogens is 260 g/mol. The molecule has 6 heteroatoms. The molecule has 0 unspecified atom stereocenters. The third-order valence-corrected chi connectivity index (χ3v) is 2.55. The summed E-state index contributed by atoms with van der Waals surface area (Å²) in [6.07, 6.45) is 4.49. The van der Waals surface area contributed by atoms with Crippen molar-refractivity contribution in [1.29, 1.82) is 0 Å². The van der Waals surface area contributed by atoms with E-state index in [2.05, 4.69) is 5.32 Å². The Hall–Kier alpha value is -2.89. The van der Waals surface area contributed by atoms with Crippen LogP contribution in [0.3, 0.4) is 0 Å². The standard InChI is InChI=1S/C14H12N2O4/c17-14(15-10-13-2-1-9-20-13)8-5-11-3-6-12(7-4-11)16(18)19/h1-9H,10H2,(H,15,17)/b8-5+. The molecule has 2 aromatic rings. The monoisotopic (exact) mass is 272 g/mol. The molecule has 102 valence electrons. The number of rotatable bonds is 5. The first-order valence-electron chi connectivity index (χ1n) is 5.88. The van der Waals surface area contributed by atoms with Gasteiger partial charge in [-0.2, -0.15) is 0 Å². The molecule has 0 saturated heterocycles. The van der Waals surface area contributed by atoms with Crippen LogP contribution in [0.25, 0.3) is 6.08 Å². The van der Waals surface area contributed by atoms with Gasteiger partial charge in [0.25, 0.3) is 5.69 Å². The fourth-order valence-electron chi connectivity index (χ4n) is 1.53. The Morgan fingerprint density at radius 1 is 1.30 bits per heavy atom. The topological polar surface area (TPSA) is 85.4 Å². The smallest absolute Gasteiger partial charge is 0.269 e. The summed E-state index contributed by atoms with van der Waals surface area (Å²) in [5, 5.41) is 13.1. The molecule has 0 spiro atoms. The zero-order valence-corrected chi connectivity index (χ0v) is 10.5. The Morgan fingerprint density at radius 3 is 2.65 bits per heavy atom. The molecule has 0 aliphatic rings. The molecule has 20 heavy (non-hydrogen) atoms. The lowest BCUT2D eigenvalue weighted by atomic mass is 10.2. The minimum atomic E-state index is -0.469. The fraction of sp³-hybridized carbons (Fsp3) is 0.0714. The van der Waals surface area contributed by atoms with Gasteiger partial charge in [-0.25, -0.2) is 0 Å². The number of carbonyl (C=O) groups is 1. The van der Waals surface area contributed by atoms with E-state index in [0.29, 0.717) is 17.9 Å². The zero-order valence-electron chi connectivity index (χ0n) is 10.5. The van der Waals surface area contributed by atoms with E-state index < -0.39 is 4.92 Å². The van der Waals surface area contributed by atoms with Crippen molar-refractivity contribution in [1.82, 2.24) is 5.32 Å². The minimum absolute atomic E-state index is 0.0180. The lowest BCUT2D eigenvalue weighted by molar-refractivity contribution is -0.384. The van der Waals surface area contributed by atoms with Crippen molar-refractivity contribution in [3.8, 4) is 0 Å². The molecule has 0 aliphatic heterocycles. The highest BCUT2D eigenvalue weighted by molar-refractivity contribution is 5.91. The molecule has 1 amide bonds. The third kappa shape index (κ3) is 3.81. The van der Waals surface area contributed by atoms with E-state index in [4.69, 9.17) is 4.42 Å². The number of hydrogen-bond acceptors (Lipinski definition) is 4. The van der Waals surface area contributed by atoms with Gasteiger partial charge in [-0.3, -0.25) is 14.9 Å². The number of amides is 1. The van der Waals surface area contributed by atoms with Crippen LogP contribution in [0.2, 0.25) is 0 Å². The van der Waals surface area contributed by atoms with Crippen LogP contribution in [0.4, 0.5) is 5.69 Å². The van der Waals surface area contributed by atoms with Gasteiger partial charge in [0.1, 0.15) is 5.76 Å². The van der Waals surface area contributed by atoms with Crippen LogP contribution in [0.15, 0.2) is 53.2 Å². The van der Waals surface area contributed by atoms with E-state index in [9.17, 15) is 14.9 Å². The van der Waals surface area contributed by atoms with E-state index in [1.807, 2.05) is 0 Å². The van der Waals surface area contributed by atoms with Crippen molar-refractivity contribution < 1.29 is 14.1 Å². The average molecular weight is 272 g/mol. The molecule has 1 aromatic carbocycles. The second-order valence-corrected chi connectivity index (χ2v) is 3.98. The van der Waals surface area contributed by atoms with Crippen molar-refractivity contribution in [3.63, 3.8) is 0 Å². The number of benzene rings is 1. The summed E-state index contributed by atoms with van der Waals surface area (Å²) in [4.78, 5) is 21.6. The molecule has 0 fully saturated rings. The van der Waals surface area contributed by atoms with Gasteiger partial charge in [-0.15, -0.1) is 0 Å². The number of nitro groups is 1. The summed E-state index contributed by atoms with van der Waals surface area (Å²) in [6, 6.07) is 9.44. The molecule has 0 atom stereocenters. The van der Waals surface area contributed by atoms with E-state index in [-0.39, 0.29) is 11.6 Å². The van der Waals surface area contributed by atoms with Crippen LogP contribution >= 0.6 is 0 Å². The summed E-state index contributed by atoms with van der Waals surface area (Å²) < 4.78 is 5.08. The fourth-order valence-corrected chi connectivity index (χ4v) is 1.53. The maximum atomic E-state index is 11.5. The number of non-ortho nitro benzene ring substituents is 1. The van der Waals surface area contributed by atoms with E-state index in [1.165, 1.54) is 24.5 Å². The van der Waals surface area contributed by atoms with Crippen molar-refractivity contribution in [3.05, 3.63) is 70.2 Å². The molecular formula is C14H12N2O4. The molecule has 0 saturated carbocycles. The minimum Gasteiger partial charge on any atom is -0.467 e. The lowest BCUT2D eigenvalue weighted by Gasteiger charge is -1.98. The highest BCUT2D eigenvalue weighted by Crippen LogP contribution is 2.12. The predicted molar refractivity (Wildman–Crippen MR) is 72.7 cm³/mol. The maximum absolute atomic E-state index is 11.5. The second kappa shape index (κ2) is 6.33. The average Bonchev–Trinajstić information content (AvgIpc) is 2.96. The van der Waals surface area contributed by atoms with Gasteiger partial charge in [-0.05, 0) is 35.9 Å². The Labute approximate surface area is 114 Å². The predicted octanol–water partition coefficient (Wildman–Crippen LogP) is 2.52. The van der Waals surface area contributed by atoms with Crippen LogP contribution < -0.4 is 5.32 Å². The van der Waals surface area contributed by atoms with Gasteiger partial charge in [0.05, 0.1) is 17.7 Å². The largest absolute Gasteiger partial charge is 0.467 e. The van der Waals surface area contributed by atoms with Gasteiger partial charge in [-0.1, -0.05) is 0 Å². The molecule has 1 aromatic heterocycles. The highest BCUT2D eigenvalue weighted by Gasteiger charge is 2.03. The van der Waals surface area contributed by atoms with Crippen LogP contribution in [-0.4, -0.2) is 10.8 Å². The lowest BCUT2D eigenvalue weighted by Crippen LogP contribution is -2.19. The van der Waals surface area contributed by atoms with Crippen LogP contribution in [0.5, 0.6) is 0 Å². The molecule has 0 aliphatic carbocycles. The molecule has 1 heterocycles. The third-order valence-electron chi connectivity index (χ3n) is 2.55. The Balaban J connectivity index is 1.88. The number of hydrogen-bond donors (Lipinski definition) is 1. The quantitative estimate of drug-likeness (QED) is 0.515. The molecule has 0 bridgehead atoms. The summed E-state index contributed by atoms with van der Waals surface area (Å²) in [7, 11) is 0. The normalized spacial score (nSPS) is 10.6. The first-order valence-corrected chi connectivity index (χ1v) is 5.88. The van der Waals surface area contributed by atoms with Gasteiger partial charge in [0, 0.05) is 18.2 Å². The van der Waals surface area contributed by atoms with Gasteiger partial charge in [0.15, 0.2) is 0 Å². The number of nitrogens with one attached hydrogen (secondary N) is 1. The second-order valence-electron chi connectivity index (χ2n) is 3.98. The van der Waals surface area contributed by atoms with E-state index in [1.54, 1.807) is 30.3 Å². The Bertz CT molecular complexity index is 615. The molecule has 6 nitrogen and oxygen atoms in total. The van der Waals surface area contributed by atoms with E-state index in [0.717, 1.165) is 0 Å². The number of furan rings is 1. The highest BCUT2D eigenvalue weighted by atomic mass is 16.6. The zero-order chi connectivity index (χ0) is 14.4.